The quantitative estimate of drug-likeness (QED) is 0.463. The number of nitrogens with one attached hydrogen (secondary N) is 1. The summed E-state index contributed by atoms with van der Waals surface area (Å²) in [6.07, 6.45) is 4.96. The number of H-pyrrole nitrogens is 1. The second-order valence-electron chi connectivity index (χ2n) is 2.90. The van der Waals surface area contributed by atoms with Crippen LogP contribution in [-0.2, 0) is 0 Å². The van der Waals surface area contributed by atoms with Crippen molar-refractivity contribution in [2.75, 3.05) is 5.01 Å². The molecule has 1 aromatic heterocycles. The highest BCUT2D eigenvalue weighted by molar-refractivity contribution is 5.42. The maximum atomic E-state index is 11.2. The van der Waals surface area contributed by atoms with Crippen LogP contribution in [0, 0.1) is 0 Å². The third kappa shape index (κ3) is 1.18. The molecule has 64 valence electrons. The fraction of sp³-hybridized carbons (Fsp3) is 0.429. The fourth-order valence-corrected chi connectivity index (χ4v) is 1.07. The van der Waals surface area contributed by atoms with Crippen LogP contribution in [0.1, 0.15) is 12.8 Å². The number of hydrogen-bond acceptors (Lipinski definition) is 4. The van der Waals surface area contributed by atoms with Gasteiger partial charge in [0.05, 0.1) is 12.5 Å². The van der Waals surface area contributed by atoms with Crippen LogP contribution in [0.15, 0.2) is 17.3 Å². The molecule has 0 saturated heterocycles. The van der Waals surface area contributed by atoms with Gasteiger partial charge in [0.15, 0.2) is 0 Å². The third-order valence-electron chi connectivity index (χ3n) is 1.92. The van der Waals surface area contributed by atoms with Crippen LogP contribution in [0.3, 0.4) is 0 Å². The second kappa shape index (κ2) is 2.60. The van der Waals surface area contributed by atoms with E-state index in [0.29, 0.717) is 11.7 Å². The normalized spacial score (nSPS) is 16.1. The van der Waals surface area contributed by atoms with E-state index in [9.17, 15) is 4.79 Å². The van der Waals surface area contributed by atoms with Gasteiger partial charge in [-0.15, -0.1) is 0 Å². The molecule has 1 aliphatic carbocycles. The Morgan fingerprint density at radius 1 is 1.67 bits per heavy atom. The fourth-order valence-electron chi connectivity index (χ4n) is 1.07. The van der Waals surface area contributed by atoms with Gasteiger partial charge in [0.1, 0.15) is 5.69 Å². The number of rotatable bonds is 2. The molecule has 0 bridgehead atoms. The summed E-state index contributed by atoms with van der Waals surface area (Å²) in [4.78, 5) is 17.5. The van der Waals surface area contributed by atoms with Crippen LogP contribution in [-0.4, -0.2) is 16.0 Å². The van der Waals surface area contributed by atoms with E-state index >= 15 is 0 Å². The van der Waals surface area contributed by atoms with Gasteiger partial charge in [-0.2, -0.15) is 0 Å². The van der Waals surface area contributed by atoms with Crippen LogP contribution in [0.25, 0.3) is 0 Å². The van der Waals surface area contributed by atoms with Crippen molar-refractivity contribution in [1.29, 1.82) is 0 Å². The van der Waals surface area contributed by atoms with Crippen LogP contribution in [0.5, 0.6) is 0 Å². The lowest BCUT2D eigenvalue weighted by atomic mass is 10.5. The molecule has 5 nitrogen and oxygen atoms in total. The smallest absolute Gasteiger partial charge is 0.275 e. The van der Waals surface area contributed by atoms with Gasteiger partial charge in [0.25, 0.3) is 5.56 Å². The molecule has 3 N–H and O–H groups in total. The SMILES string of the molecule is NN(c1cnc[nH]c1=O)C1CC1. The molecule has 0 unspecified atom stereocenters. The van der Waals surface area contributed by atoms with E-state index in [4.69, 9.17) is 5.84 Å². The van der Waals surface area contributed by atoms with Crippen molar-refractivity contribution in [3.63, 3.8) is 0 Å². The second-order valence-corrected chi connectivity index (χ2v) is 2.90. The van der Waals surface area contributed by atoms with Gasteiger partial charge >= 0.3 is 0 Å². The highest BCUT2D eigenvalue weighted by atomic mass is 16.1. The maximum Gasteiger partial charge on any atom is 0.275 e. The van der Waals surface area contributed by atoms with Gasteiger partial charge in [0, 0.05) is 6.04 Å². The highest BCUT2D eigenvalue weighted by Crippen LogP contribution is 2.26. The average molecular weight is 166 g/mol. The molecule has 0 spiro atoms. The summed E-state index contributed by atoms with van der Waals surface area (Å²) >= 11 is 0. The van der Waals surface area contributed by atoms with Crippen LogP contribution in [0.2, 0.25) is 0 Å². The van der Waals surface area contributed by atoms with E-state index in [0.717, 1.165) is 12.8 Å². The van der Waals surface area contributed by atoms with Crippen LogP contribution in [0.4, 0.5) is 5.69 Å². The molecule has 0 aliphatic heterocycles. The predicted molar refractivity (Wildman–Crippen MR) is 44.5 cm³/mol. The van der Waals surface area contributed by atoms with E-state index in [-0.39, 0.29) is 5.56 Å². The molecule has 5 heteroatoms. The van der Waals surface area contributed by atoms with Gasteiger partial charge < -0.3 is 9.99 Å². The van der Waals surface area contributed by atoms with E-state index in [1.54, 1.807) is 0 Å². The minimum atomic E-state index is -0.181. The molecule has 2 rings (SSSR count). The first-order valence-electron chi connectivity index (χ1n) is 3.85. The lowest BCUT2D eigenvalue weighted by molar-refractivity contribution is 0.830. The molecular weight excluding hydrogens is 156 g/mol. The number of aromatic nitrogens is 2. The minimum Gasteiger partial charge on any atom is -0.311 e. The lowest BCUT2D eigenvalue weighted by Crippen LogP contribution is -2.37. The van der Waals surface area contributed by atoms with Gasteiger partial charge in [-0.25, -0.2) is 10.8 Å². The van der Waals surface area contributed by atoms with Crippen molar-refractivity contribution < 1.29 is 0 Å². The Bertz CT molecular complexity index is 330. The Morgan fingerprint density at radius 3 is 3.00 bits per heavy atom. The summed E-state index contributed by atoms with van der Waals surface area (Å²) in [5, 5.41) is 1.49. The first kappa shape index (κ1) is 7.30. The number of hydrazine groups is 1. The molecular formula is C7H10N4O. The van der Waals surface area contributed by atoms with Crippen LogP contribution < -0.4 is 16.4 Å². The Balaban J connectivity index is 2.32. The zero-order valence-corrected chi connectivity index (χ0v) is 6.53. The molecule has 0 radical (unpaired) electrons. The third-order valence-corrected chi connectivity index (χ3v) is 1.92. The molecule has 1 aliphatic rings. The van der Waals surface area contributed by atoms with Crippen LogP contribution >= 0.6 is 0 Å². The van der Waals surface area contributed by atoms with E-state index in [1.165, 1.54) is 17.5 Å². The lowest BCUT2D eigenvalue weighted by Gasteiger charge is -2.15. The summed E-state index contributed by atoms with van der Waals surface area (Å²) in [5.74, 6) is 5.67. The molecule has 1 aromatic rings. The average Bonchev–Trinajstić information content (AvgIpc) is 2.86. The van der Waals surface area contributed by atoms with E-state index in [2.05, 4.69) is 9.97 Å². The monoisotopic (exact) mass is 166 g/mol. The molecule has 1 saturated carbocycles. The predicted octanol–water partition coefficient (Wildman–Crippen LogP) is -0.388. The summed E-state index contributed by atoms with van der Waals surface area (Å²) in [6.45, 7) is 0. The summed E-state index contributed by atoms with van der Waals surface area (Å²) < 4.78 is 0. The first-order chi connectivity index (χ1) is 5.79. The van der Waals surface area contributed by atoms with Gasteiger partial charge in [-0.3, -0.25) is 4.79 Å². The van der Waals surface area contributed by atoms with Gasteiger partial charge in [-0.1, -0.05) is 0 Å². The Labute approximate surface area is 69.2 Å². The summed E-state index contributed by atoms with van der Waals surface area (Å²) in [7, 11) is 0. The van der Waals surface area contributed by atoms with Gasteiger partial charge in [-0.05, 0) is 12.8 Å². The van der Waals surface area contributed by atoms with Crippen molar-refractivity contribution in [3.8, 4) is 0 Å². The Kier molecular flexibility index (Phi) is 1.58. The number of aromatic amines is 1. The minimum absolute atomic E-state index is 0.181. The molecule has 0 atom stereocenters. The molecule has 0 amide bonds. The zero-order chi connectivity index (χ0) is 8.55. The van der Waals surface area contributed by atoms with Crippen molar-refractivity contribution in [1.82, 2.24) is 9.97 Å². The standard InChI is InChI=1S/C7H10N4O/c8-11(5-1-2-5)6-3-9-4-10-7(6)12/h3-5H,1-2,8H2,(H,9,10,12). The van der Waals surface area contributed by atoms with Crippen molar-refractivity contribution in [2.45, 2.75) is 18.9 Å². The van der Waals surface area contributed by atoms with E-state index < -0.39 is 0 Å². The van der Waals surface area contributed by atoms with Gasteiger partial charge in [0.2, 0.25) is 0 Å². The van der Waals surface area contributed by atoms with Crippen molar-refractivity contribution >= 4 is 5.69 Å². The molecule has 12 heavy (non-hydrogen) atoms. The van der Waals surface area contributed by atoms with Crippen molar-refractivity contribution in [3.05, 3.63) is 22.9 Å². The van der Waals surface area contributed by atoms with Crippen molar-refractivity contribution in [2.24, 2.45) is 5.84 Å². The topological polar surface area (TPSA) is 75.0 Å². The number of nitrogens with zero attached hydrogens (tertiary/aromatic N) is 2. The highest BCUT2D eigenvalue weighted by Gasteiger charge is 2.28. The first-order valence-corrected chi connectivity index (χ1v) is 3.85. The molecule has 1 fully saturated rings. The summed E-state index contributed by atoms with van der Waals surface area (Å²) in [5.41, 5.74) is 0.263. The number of nitrogens with two attached hydrogens (primary N) is 1. The Morgan fingerprint density at radius 2 is 2.42 bits per heavy atom. The number of hydrogen-bond donors (Lipinski definition) is 2. The molecule has 1 heterocycles. The molecule has 0 aromatic carbocycles. The van der Waals surface area contributed by atoms with E-state index in [1.807, 2.05) is 0 Å². The zero-order valence-electron chi connectivity index (χ0n) is 6.53. The largest absolute Gasteiger partial charge is 0.311 e. The Hall–Kier alpha value is -1.36. The number of anilines is 1. The maximum absolute atomic E-state index is 11.2. The summed E-state index contributed by atoms with van der Waals surface area (Å²) in [6, 6.07) is 0.329.